The minimum absolute atomic E-state index is 0.340. The van der Waals surface area contributed by atoms with Crippen LogP contribution in [0.15, 0.2) is 68.3 Å². The van der Waals surface area contributed by atoms with Gasteiger partial charge in [-0.2, -0.15) is 0 Å². The minimum atomic E-state index is 0.340. The molecule has 2 nitrogen and oxygen atoms in total. The maximum Gasteiger partial charge on any atom is 0.0762 e. The number of hydrogen-bond donors (Lipinski definition) is 0. The third-order valence-electron chi connectivity index (χ3n) is 3.30. The summed E-state index contributed by atoms with van der Waals surface area (Å²) in [6, 6.07) is 16.6. The highest BCUT2D eigenvalue weighted by molar-refractivity contribution is 8.05. The molecule has 0 aliphatic carbocycles. The maximum atomic E-state index is 4.58. The van der Waals surface area contributed by atoms with Crippen molar-refractivity contribution < 1.29 is 0 Å². The second kappa shape index (κ2) is 5.11. The fourth-order valence-corrected chi connectivity index (χ4v) is 4.66. The van der Waals surface area contributed by atoms with Crippen molar-refractivity contribution in [3.8, 4) is 0 Å². The molecule has 2 heterocycles. The molecule has 0 N–H and O–H groups in total. The highest BCUT2D eigenvalue weighted by atomic mass is 32.2. The van der Waals surface area contributed by atoms with Crippen LogP contribution in [0.1, 0.15) is 0 Å². The number of thioether (sulfide) groups is 2. The zero-order valence-corrected chi connectivity index (χ0v) is 12.3. The van der Waals surface area contributed by atoms with Crippen LogP contribution in [0.2, 0.25) is 0 Å². The molecule has 2 aromatic rings. The molecular weight excluding hydrogens is 284 g/mol. The minimum Gasteiger partial charge on any atom is -0.259 e. The molecule has 0 bridgehead atoms. The van der Waals surface area contributed by atoms with Gasteiger partial charge in [0.2, 0.25) is 0 Å². The quantitative estimate of drug-likeness (QED) is 0.759. The number of para-hydroxylation sites is 2. The van der Waals surface area contributed by atoms with Crippen molar-refractivity contribution in [3.63, 3.8) is 0 Å². The smallest absolute Gasteiger partial charge is 0.0762 e. The van der Waals surface area contributed by atoms with Gasteiger partial charge in [-0.05, 0) is 24.3 Å². The Morgan fingerprint density at radius 3 is 1.60 bits per heavy atom. The Balaban J connectivity index is 1.60. The number of fused-ring (bicyclic) bond motifs is 2. The molecule has 2 aromatic carbocycles. The second-order valence-electron chi connectivity index (χ2n) is 4.66. The Kier molecular flexibility index (Phi) is 3.13. The van der Waals surface area contributed by atoms with Gasteiger partial charge in [-0.15, -0.1) is 23.5 Å². The largest absolute Gasteiger partial charge is 0.259 e. The van der Waals surface area contributed by atoms with Crippen LogP contribution < -0.4 is 0 Å². The van der Waals surface area contributed by atoms with E-state index in [2.05, 4.69) is 58.8 Å². The molecule has 0 amide bonds. The molecule has 2 unspecified atom stereocenters. The van der Waals surface area contributed by atoms with E-state index in [1.807, 2.05) is 35.7 Å². The molecule has 4 heteroatoms. The van der Waals surface area contributed by atoms with E-state index in [0.717, 1.165) is 11.4 Å². The summed E-state index contributed by atoms with van der Waals surface area (Å²) in [5, 5.41) is 0.680. The molecule has 0 aromatic heterocycles. The molecule has 20 heavy (non-hydrogen) atoms. The normalized spacial score (nSPS) is 23.2. The Morgan fingerprint density at radius 1 is 0.650 bits per heavy atom. The van der Waals surface area contributed by atoms with Crippen LogP contribution >= 0.6 is 23.5 Å². The highest BCUT2D eigenvalue weighted by Gasteiger charge is 2.27. The van der Waals surface area contributed by atoms with Gasteiger partial charge in [0.25, 0.3) is 0 Å². The third kappa shape index (κ3) is 2.19. The van der Waals surface area contributed by atoms with E-state index in [1.54, 1.807) is 0 Å². The average Bonchev–Trinajstić information content (AvgIpc) is 2.54. The molecule has 4 rings (SSSR count). The molecule has 2 aliphatic rings. The Bertz CT molecular complexity index is 648. The summed E-state index contributed by atoms with van der Waals surface area (Å²) >= 11 is 3.75. The lowest BCUT2D eigenvalue weighted by Gasteiger charge is -2.26. The van der Waals surface area contributed by atoms with Crippen LogP contribution in [0.25, 0.3) is 0 Å². The van der Waals surface area contributed by atoms with Crippen molar-refractivity contribution in [1.29, 1.82) is 0 Å². The lowest BCUT2D eigenvalue weighted by Crippen LogP contribution is -2.25. The summed E-state index contributed by atoms with van der Waals surface area (Å²) in [6.45, 7) is 0. The van der Waals surface area contributed by atoms with Gasteiger partial charge >= 0.3 is 0 Å². The molecule has 0 fully saturated rings. The molecule has 2 aliphatic heterocycles. The highest BCUT2D eigenvalue weighted by Crippen LogP contribution is 2.43. The molecule has 2 atom stereocenters. The Labute approximate surface area is 126 Å². The summed E-state index contributed by atoms with van der Waals surface area (Å²) in [7, 11) is 0. The topological polar surface area (TPSA) is 24.7 Å². The van der Waals surface area contributed by atoms with Crippen LogP contribution in [0.5, 0.6) is 0 Å². The van der Waals surface area contributed by atoms with Gasteiger partial charge in [0.05, 0.1) is 21.9 Å². The standard InChI is InChI=1S/C16H12N2S2/c1-3-7-13-11(5-1)17-9-15(19-13)16-10-18-12-6-2-4-8-14(12)20-16/h1-10,15-16H. The second-order valence-corrected chi connectivity index (χ2v) is 7.10. The van der Waals surface area contributed by atoms with E-state index >= 15 is 0 Å². The summed E-state index contributed by atoms with van der Waals surface area (Å²) in [5.41, 5.74) is 2.15. The van der Waals surface area contributed by atoms with E-state index in [1.165, 1.54) is 9.79 Å². The van der Waals surface area contributed by atoms with Gasteiger partial charge < -0.3 is 0 Å². The van der Waals surface area contributed by atoms with Gasteiger partial charge in [-0.3, -0.25) is 9.98 Å². The van der Waals surface area contributed by atoms with E-state index in [-0.39, 0.29) is 0 Å². The van der Waals surface area contributed by atoms with Crippen molar-refractivity contribution in [1.82, 2.24) is 0 Å². The zero-order valence-electron chi connectivity index (χ0n) is 10.6. The van der Waals surface area contributed by atoms with Crippen molar-refractivity contribution in [2.45, 2.75) is 20.3 Å². The van der Waals surface area contributed by atoms with Gasteiger partial charge in [0.15, 0.2) is 0 Å². The Hall–Kier alpha value is -1.52. The summed E-state index contributed by atoms with van der Waals surface area (Å²) < 4.78 is 0. The van der Waals surface area contributed by atoms with E-state index in [4.69, 9.17) is 0 Å². The number of benzene rings is 2. The third-order valence-corrected chi connectivity index (χ3v) is 6.05. The molecule has 0 saturated heterocycles. The number of aliphatic imine (C=N–C) groups is 2. The first-order valence-electron chi connectivity index (χ1n) is 6.50. The van der Waals surface area contributed by atoms with Crippen LogP contribution in [-0.4, -0.2) is 22.9 Å². The van der Waals surface area contributed by atoms with Gasteiger partial charge in [-0.1, -0.05) is 24.3 Å². The SMILES string of the molecule is C1=Nc2ccccc2SC1C1C=Nc2ccccc2S1. The van der Waals surface area contributed by atoms with Crippen LogP contribution in [0.4, 0.5) is 11.4 Å². The fraction of sp³-hybridized carbons (Fsp3) is 0.125. The van der Waals surface area contributed by atoms with Crippen LogP contribution in [-0.2, 0) is 0 Å². The maximum absolute atomic E-state index is 4.58. The number of hydrogen-bond acceptors (Lipinski definition) is 4. The first-order chi connectivity index (χ1) is 9.90. The van der Waals surface area contributed by atoms with Crippen molar-refractivity contribution >= 4 is 47.3 Å². The van der Waals surface area contributed by atoms with Gasteiger partial charge in [0, 0.05) is 22.2 Å². The van der Waals surface area contributed by atoms with E-state index in [0.29, 0.717) is 10.5 Å². The number of nitrogens with zero attached hydrogens (tertiary/aromatic N) is 2. The zero-order chi connectivity index (χ0) is 13.4. The number of rotatable bonds is 1. The molecule has 0 radical (unpaired) electrons. The lowest BCUT2D eigenvalue weighted by atomic mass is 10.3. The molecule has 0 spiro atoms. The van der Waals surface area contributed by atoms with Crippen LogP contribution in [0, 0.1) is 0 Å². The van der Waals surface area contributed by atoms with Crippen LogP contribution in [0.3, 0.4) is 0 Å². The first kappa shape index (κ1) is 12.2. The monoisotopic (exact) mass is 296 g/mol. The predicted octanol–water partition coefficient (Wildman–Crippen LogP) is 4.74. The predicted molar refractivity (Wildman–Crippen MR) is 88.5 cm³/mol. The molecule has 0 saturated carbocycles. The first-order valence-corrected chi connectivity index (χ1v) is 8.26. The summed E-state index contributed by atoms with van der Waals surface area (Å²) in [4.78, 5) is 11.7. The van der Waals surface area contributed by atoms with E-state index in [9.17, 15) is 0 Å². The van der Waals surface area contributed by atoms with Crippen molar-refractivity contribution in [2.24, 2.45) is 9.98 Å². The molecule has 98 valence electrons. The van der Waals surface area contributed by atoms with Crippen molar-refractivity contribution in [3.05, 3.63) is 48.5 Å². The summed E-state index contributed by atoms with van der Waals surface area (Å²) in [6.07, 6.45) is 4.12. The van der Waals surface area contributed by atoms with Gasteiger partial charge in [0.1, 0.15) is 0 Å². The fourth-order valence-electron chi connectivity index (χ4n) is 2.29. The van der Waals surface area contributed by atoms with E-state index < -0.39 is 0 Å². The van der Waals surface area contributed by atoms with Crippen molar-refractivity contribution in [2.75, 3.05) is 0 Å². The summed E-state index contributed by atoms with van der Waals surface area (Å²) in [5.74, 6) is 0. The average molecular weight is 296 g/mol. The Morgan fingerprint density at radius 2 is 1.10 bits per heavy atom. The lowest BCUT2D eigenvalue weighted by molar-refractivity contribution is 1.17. The van der Waals surface area contributed by atoms with Gasteiger partial charge in [-0.25, -0.2) is 0 Å². The molecular formula is C16H12N2S2.